The summed E-state index contributed by atoms with van der Waals surface area (Å²) in [4.78, 5) is 10.8. The summed E-state index contributed by atoms with van der Waals surface area (Å²) in [6, 6.07) is 8.22. The number of benzene rings is 1. The number of allylic oxidation sites excluding steroid dienone is 3. The van der Waals surface area contributed by atoms with Gasteiger partial charge in [-0.25, -0.2) is 9.97 Å². The molecule has 0 fully saturated rings. The van der Waals surface area contributed by atoms with E-state index in [0.717, 1.165) is 41.8 Å². The van der Waals surface area contributed by atoms with Crippen molar-refractivity contribution < 1.29 is 0 Å². The molecule has 1 aliphatic carbocycles. The first-order valence-corrected chi connectivity index (χ1v) is 11.2. The molecule has 0 atom stereocenters. The normalized spacial score (nSPS) is 13.9. The van der Waals surface area contributed by atoms with Gasteiger partial charge in [0.15, 0.2) is 0 Å². The first-order valence-electron chi connectivity index (χ1n) is 11.2. The Hall–Kier alpha value is -3.67. The predicted molar refractivity (Wildman–Crippen MR) is 138 cm³/mol. The molecule has 6 nitrogen and oxygen atoms in total. The minimum Gasteiger partial charge on any atom is -0.382 e. The number of rotatable bonds is 9. The first kappa shape index (κ1) is 24.0. The topological polar surface area (TPSA) is 76.9 Å². The minimum absolute atomic E-state index is 0.524. The number of hydrogen-bond acceptors (Lipinski definition) is 5. The van der Waals surface area contributed by atoms with Gasteiger partial charge in [0.2, 0.25) is 5.95 Å². The minimum atomic E-state index is 0.524. The van der Waals surface area contributed by atoms with E-state index in [4.69, 9.17) is 5.41 Å². The van der Waals surface area contributed by atoms with Crippen molar-refractivity contribution in [2.75, 3.05) is 26.0 Å². The second kappa shape index (κ2) is 11.3. The van der Waals surface area contributed by atoms with Crippen molar-refractivity contribution in [1.82, 2.24) is 20.2 Å². The summed E-state index contributed by atoms with van der Waals surface area (Å²) in [6.45, 7) is 8.89. The molecule has 0 amide bonds. The van der Waals surface area contributed by atoms with Crippen molar-refractivity contribution in [3.8, 4) is 11.1 Å². The highest BCUT2D eigenvalue weighted by atomic mass is 15.1. The van der Waals surface area contributed by atoms with Gasteiger partial charge in [-0.15, -0.1) is 0 Å². The highest BCUT2D eigenvalue weighted by Gasteiger charge is 2.10. The van der Waals surface area contributed by atoms with E-state index in [2.05, 4.69) is 71.4 Å². The Bertz CT molecular complexity index is 1070. The average molecular weight is 443 g/mol. The van der Waals surface area contributed by atoms with Crippen LogP contribution in [0.25, 0.3) is 11.1 Å². The third-order valence-corrected chi connectivity index (χ3v) is 5.63. The SMILES string of the molecule is C=C/C(=C\N(C)C)Nc1ncc(-c2ccc(CC(=N)NCC3=C(C)CCC=C3C)cc2)cn1. The number of nitrogens with zero attached hydrogens (tertiary/aromatic N) is 3. The standard InChI is InChI=1S/C27H34N6/c1-6-24(18-33(4)5)32-27-30-15-23(16-31-27)22-12-10-21(11-13-22)14-26(28)29-17-25-19(2)8-7-9-20(25)3/h6,8,10-13,15-16,18H,1,7,9,14,17H2,2-5H3,(H2,28,29)(H,30,31,32)/b24-18+. The van der Waals surface area contributed by atoms with Crippen LogP contribution in [0.3, 0.4) is 0 Å². The summed E-state index contributed by atoms with van der Waals surface area (Å²) in [7, 11) is 3.90. The molecule has 2 aromatic rings. The summed E-state index contributed by atoms with van der Waals surface area (Å²) >= 11 is 0. The number of anilines is 1. The van der Waals surface area contributed by atoms with E-state index < -0.39 is 0 Å². The molecule has 172 valence electrons. The first-order chi connectivity index (χ1) is 15.9. The van der Waals surface area contributed by atoms with Crippen LogP contribution in [0.1, 0.15) is 32.3 Å². The second-order valence-electron chi connectivity index (χ2n) is 8.56. The molecule has 0 unspecified atom stereocenters. The molecule has 1 aliphatic rings. The molecule has 0 saturated carbocycles. The number of aromatic nitrogens is 2. The van der Waals surface area contributed by atoms with Crippen molar-refractivity contribution in [3.63, 3.8) is 0 Å². The van der Waals surface area contributed by atoms with Gasteiger partial charge in [-0.05, 0) is 49.5 Å². The van der Waals surface area contributed by atoms with Gasteiger partial charge in [0.05, 0.1) is 11.5 Å². The number of nitrogens with one attached hydrogen (secondary N) is 3. The van der Waals surface area contributed by atoms with E-state index in [0.29, 0.717) is 18.2 Å². The maximum atomic E-state index is 8.34. The molecule has 1 aromatic carbocycles. The summed E-state index contributed by atoms with van der Waals surface area (Å²) in [6.07, 6.45) is 12.4. The number of amidine groups is 1. The van der Waals surface area contributed by atoms with Gasteiger partial charge in [-0.2, -0.15) is 0 Å². The molecular weight excluding hydrogens is 408 g/mol. The maximum absolute atomic E-state index is 8.34. The van der Waals surface area contributed by atoms with Gasteiger partial charge < -0.3 is 15.5 Å². The van der Waals surface area contributed by atoms with Crippen LogP contribution in [0.5, 0.6) is 0 Å². The van der Waals surface area contributed by atoms with Crippen LogP contribution in [0.4, 0.5) is 5.95 Å². The van der Waals surface area contributed by atoms with Crippen LogP contribution in [0.2, 0.25) is 0 Å². The Labute approximate surface area is 197 Å². The van der Waals surface area contributed by atoms with E-state index in [1.165, 1.54) is 16.7 Å². The van der Waals surface area contributed by atoms with Crippen LogP contribution < -0.4 is 10.6 Å². The zero-order valence-corrected chi connectivity index (χ0v) is 20.1. The van der Waals surface area contributed by atoms with Crippen LogP contribution in [-0.4, -0.2) is 41.3 Å². The van der Waals surface area contributed by atoms with Crippen LogP contribution in [-0.2, 0) is 6.42 Å². The summed E-state index contributed by atoms with van der Waals surface area (Å²) in [5, 5.41) is 14.8. The van der Waals surface area contributed by atoms with Crippen molar-refractivity contribution in [2.45, 2.75) is 33.1 Å². The molecule has 3 rings (SSSR count). The zero-order valence-electron chi connectivity index (χ0n) is 20.1. The van der Waals surface area contributed by atoms with Gasteiger partial charge >= 0.3 is 0 Å². The van der Waals surface area contributed by atoms with Crippen LogP contribution >= 0.6 is 0 Å². The van der Waals surface area contributed by atoms with E-state index in [1.54, 1.807) is 18.5 Å². The fraction of sp³-hybridized carbons (Fsp3) is 0.296. The van der Waals surface area contributed by atoms with Gasteiger partial charge in [0.25, 0.3) is 0 Å². The van der Waals surface area contributed by atoms with E-state index >= 15 is 0 Å². The van der Waals surface area contributed by atoms with Gasteiger partial charge in [0.1, 0.15) is 0 Å². The third-order valence-electron chi connectivity index (χ3n) is 5.63. The van der Waals surface area contributed by atoms with Crippen molar-refractivity contribution in [1.29, 1.82) is 5.41 Å². The highest BCUT2D eigenvalue weighted by molar-refractivity contribution is 5.82. The fourth-order valence-electron chi connectivity index (χ4n) is 3.77. The zero-order chi connectivity index (χ0) is 23.8. The Morgan fingerprint density at radius 2 is 1.82 bits per heavy atom. The van der Waals surface area contributed by atoms with Gasteiger partial charge in [0, 0.05) is 51.2 Å². The Kier molecular flexibility index (Phi) is 8.19. The lowest BCUT2D eigenvalue weighted by Gasteiger charge is -2.19. The molecule has 0 aliphatic heterocycles. The molecule has 6 heteroatoms. The second-order valence-corrected chi connectivity index (χ2v) is 8.56. The quantitative estimate of drug-likeness (QED) is 0.279. The highest BCUT2D eigenvalue weighted by Crippen LogP contribution is 2.24. The average Bonchev–Trinajstić information content (AvgIpc) is 2.79. The Morgan fingerprint density at radius 1 is 1.12 bits per heavy atom. The largest absolute Gasteiger partial charge is 0.382 e. The third kappa shape index (κ3) is 6.91. The fourth-order valence-corrected chi connectivity index (χ4v) is 3.77. The molecular formula is C27H34N6. The molecule has 1 aromatic heterocycles. The molecule has 33 heavy (non-hydrogen) atoms. The summed E-state index contributed by atoms with van der Waals surface area (Å²) in [5.41, 5.74) is 8.02. The molecule has 0 radical (unpaired) electrons. The smallest absolute Gasteiger partial charge is 0.227 e. The lowest BCUT2D eigenvalue weighted by atomic mass is 9.92. The molecule has 1 heterocycles. The van der Waals surface area contributed by atoms with E-state index in [9.17, 15) is 0 Å². The maximum Gasteiger partial charge on any atom is 0.227 e. The molecule has 0 spiro atoms. The summed E-state index contributed by atoms with van der Waals surface area (Å²) < 4.78 is 0. The molecule has 0 bridgehead atoms. The van der Waals surface area contributed by atoms with E-state index in [1.807, 2.05) is 25.2 Å². The predicted octanol–water partition coefficient (Wildman–Crippen LogP) is 5.31. The lowest BCUT2D eigenvalue weighted by molar-refractivity contribution is 0.560. The number of hydrogen-bond donors (Lipinski definition) is 3. The van der Waals surface area contributed by atoms with Crippen LogP contribution in [0.15, 0.2) is 84.0 Å². The van der Waals surface area contributed by atoms with Crippen molar-refractivity contribution in [3.05, 3.63) is 89.6 Å². The van der Waals surface area contributed by atoms with Crippen molar-refractivity contribution >= 4 is 11.8 Å². The van der Waals surface area contributed by atoms with Gasteiger partial charge in [-0.3, -0.25) is 5.41 Å². The van der Waals surface area contributed by atoms with Crippen molar-refractivity contribution in [2.24, 2.45) is 0 Å². The van der Waals surface area contributed by atoms with Gasteiger partial charge in [-0.1, -0.05) is 48.1 Å². The monoisotopic (exact) mass is 442 g/mol. The molecule has 0 saturated heterocycles. The Morgan fingerprint density at radius 3 is 2.42 bits per heavy atom. The lowest BCUT2D eigenvalue weighted by Crippen LogP contribution is -2.27. The van der Waals surface area contributed by atoms with Crippen LogP contribution in [0, 0.1) is 5.41 Å². The molecule has 3 N–H and O–H groups in total. The summed E-state index contributed by atoms with van der Waals surface area (Å²) in [5.74, 6) is 1.06. The van der Waals surface area contributed by atoms with E-state index in [-0.39, 0.29) is 0 Å². The Balaban J connectivity index is 1.57.